The molecular formula is C41H25N3S. The molecule has 0 N–H and O–H groups in total. The molecule has 0 saturated carbocycles. The summed E-state index contributed by atoms with van der Waals surface area (Å²) in [5.74, 6) is 0. The van der Waals surface area contributed by atoms with Crippen LogP contribution >= 0.6 is 11.3 Å². The highest BCUT2D eigenvalue weighted by Gasteiger charge is 2.19. The van der Waals surface area contributed by atoms with Crippen LogP contribution in [0.1, 0.15) is 0 Å². The number of rotatable bonds is 3. The van der Waals surface area contributed by atoms with Gasteiger partial charge in [-0.15, -0.1) is 11.3 Å². The molecule has 45 heavy (non-hydrogen) atoms. The Labute approximate surface area is 262 Å². The van der Waals surface area contributed by atoms with Crippen molar-refractivity contribution in [1.82, 2.24) is 14.1 Å². The quantitative estimate of drug-likeness (QED) is 0.200. The molecule has 4 heteroatoms. The van der Waals surface area contributed by atoms with Crippen molar-refractivity contribution in [2.45, 2.75) is 0 Å². The number of pyridine rings is 1. The smallest absolute Gasteiger partial charge is 0.0964 e. The Morgan fingerprint density at radius 2 is 1.11 bits per heavy atom. The van der Waals surface area contributed by atoms with Crippen LogP contribution in [0.25, 0.3) is 86.4 Å². The second-order valence-electron chi connectivity index (χ2n) is 11.6. The number of para-hydroxylation sites is 2. The van der Waals surface area contributed by atoms with Crippen LogP contribution in [0, 0.1) is 0 Å². The highest BCUT2D eigenvalue weighted by molar-refractivity contribution is 7.25. The fraction of sp³-hybridized carbons (Fsp3) is 0. The largest absolute Gasteiger partial charge is 0.309 e. The molecule has 0 spiro atoms. The molecule has 10 aromatic rings. The number of aromatic nitrogens is 3. The summed E-state index contributed by atoms with van der Waals surface area (Å²) >= 11 is 1.86. The van der Waals surface area contributed by atoms with E-state index >= 15 is 0 Å². The lowest BCUT2D eigenvalue weighted by Gasteiger charge is -2.11. The molecule has 210 valence electrons. The maximum atomic E-state index is 5.14. The molecule has 0 unspecified atom stereocenters. The Morgan fingerprint density at radius 3 is 1.98 bits per heavy atom. The molecular weight excluding hydrogens is 567 g/mol. The molecule has 0 aliphatic rings. The first kappa shape index (κ1) is 24.7. The van der Waals surface area contributed by atoms with Crippen molar-refractivity contribution >= 4 is 75.3 Å². The fourth-order valence-corrected chi connectivity index (χ4v) is 8.24. The van der Waals surface area contributed by atoms with Crippen molar-refractivity contribution in [3.05, 3.63) is 152 Å². The number of thiophene rings is 1. The second kappa shape index (κ2) is 9.39. The van der Waals surface area contributed by atoms with Crippen LogP contribution in [0.2, 0.25) is 0 Å². The molecule has 0 amide bonds. The molecule has 0 atom stereocenters. The van der Waals surface area contributed by atoms with Gasteiger partial charge in [-0.3, -0.25) is 4.98 Å². The molecule has 0 bridgehead atoms. The highest BCUT2D eigenvalue weighted by atomic mass is 32.1. The topological polar surface area (TPSA) is 22.8 Å². The lowest BCUT2D eigenvalue weighted by molar-refractivity contribution is 1.16. The van der Waals surface area contributed by atoms with Crippen LogP contribution in [-0.4, -0.2) is 14.1 Å². The van der Waals surface area contributed by atoms with Gasteiger partial charge in [0.2, 0.25) is 0 Å². The van der Waals surface area contributed by atoms with E-state index in [1.54, 1.807) is 0 Å². The van der Waals surface area contributed by atoms with Gasteiger partial charge in [-0.2, -0.15) is 0 Å². The van der Waals surface area contributed by atoms with Gasteiger partial charge in [0.1, 0.15) is 0 Å². The Balaban J connectivity index is 1.31. The second-order valence-corrected chi connectivity index (χ2v) is 12.7. The average Bonchev–Trinajstić information content (AvgIpc) is 3.74. The molecule has 0 aliphatic carbocycles. The minimum absolute atomic E-state index is 1.02. The van der Waals surface area contributed by atoms with Crippen LogP contribution in [0.15, 0.2) is 152 Å². The van der Waals surface area contributed by atoms with Crippen molar-refractivity contribution in [2.24, 2.45) is 0 Å². The van der Waals surface area contributed by atoms with E-state index in [1.165, 1.54) is 52.9 Å². The molecule has 6 aromatic carbocycles. The highest BCUT2D eigenvalue weighted by Crippen LogP contribution is 2.42. The molecule has 4 heterocycles. The van der Waals surface area contributed by atoms with E-state index in [4.69, 9.17) is 4.98 Å². The number of fused-ring (bicyclic) bond motifs is 9. The summed E-state index contributed by atoms with van der Waals surface area (Å²) in [6.45, 7) is 0. The first-order valence-electron chi connectivity index (χ1n) is 15.2. The van der Waals surface area contributed by atoms with Crippen LogP contribution in [-0.2, 0) is 0 Å². The monoisotopic (exact) mass is 591 g/mol. The Morgan fingerprint density at radius 1 is 0.400 bits per heavy atom. The zero-order valence-electron chi connectivity index (χ0n) is 24.2. The predicted molar refractivity (Wildman–Crippen MR) is 191 cm³/mol. The third kappa shape index (κ3) is 3.60. The molecule has 0 aliphatic heterocycles. The normalized spacial score (nSPS) is 12.0. The van der Waals surface area contributed by atoms with Crippen molar-refractivity contribution in [3.8, 4) is 22.5 Å². The van der Waals surface area contributed by atoms with E-state index in [2.05, 4.69) is 155 Å². The molecule has 0 radical (unpaired) electrons. The molecule has 3 nitrogen and oxygen atoms in total. The zero-order chi connectivity index (χ0) is 29.5. The van der Waals surface area contributed by atoms with E-state index in [-0.39, 0.29) is 0 Å². The van der Waals surface area contributed by atoms with E-state index in [0.717, 1.165) is 33.5 Å². The van der Waals surface area contributed by atoms with Crippen molar-refractivity contribution in [2.75, 3.05) is 0 Å². The van der Waals surface area contributed by atoms with Gasteiger partial charge < -0.3 is 9.13 Å². The zero-order valence-corrected chi connectivity index (χ0v) is 25.0. The number of nitrogens with zero attached hydrogens (tertiary/aromatic N) is 3. The molecule has 0 fully saturated rings. The summed E-state index contributed by atoms with van der Waals surface area (Å²) in [7, 11) is 0. The average molecular weight is 592 g/mol. The van der Waals surface area contributed by atoms with Gasteiger partial charge in [0.25, 0.3) is 0 Å². The van der Waals surface area contributed by atoms with Gasteiger partial charge in [-0.1, -0.05) is 84.9 Å². The predicted octanol–water partition coefficient (Wildman–Crippen LogP) is 11.3. The van der Waals surface area contributed by atoms with Gasteiger partial charge in [0, 0.05) is 59.5 Å². The fourth-order valence-electron chi connectivity index (χ4n) is 7.12. The Bertz CT molecular complexity index is 2750. The molecule has 10 rings (SSSR count). The van der Waals surface area contributed by atoms with Gasteiger partial charge in [-0.05, 0) is 66.2 Å². The van der Waals surface area contributed by atoms with E-state index in [1.807, 2.05) is 17.5 Å². The standard InChI is InChI=1S/C41H25N3S/c1-3-11-26(12-4-1)27-21-38-41(42-25-27)34-23-33-31-16-8-10-18-39(31)45-40(33)24-37(34)44(38)29-19-20-36-32(22-29)30-15-7-9-17-35(30)43(36)28-13-5-2-6-14-28/h1-25H. The van der Waals surface area contributed by atoms with E-state index in [9.17, 15) is 0 Å². The summed E-state index contributed by atoms with van der Waals surface area (Å²) in [4.78, 5) is 5.14. The van der Waals surface area contributed by atoms with Crippen molar-refractivity contribution in [1.29, 1.82) is 0 Å². The van der Waals surface area contributed by atoms with E-state index < -0.39 is 0 Å². The van der Waals surface area contributed by atoms with Gasteiger partial charge in [0.05, 0.1) is 27.6 Å². The summed E-state index contributed by atoms with van der Waals surface area (Å²) in [6, 6.07) is 52.6. The first-order valence-corrected chi connectivity index (χ1v) is 16.0. The summed E-state index contributed by atoms with van der Waals surface area (Å²) in [6.07, 6.45) is 2.02. The van der Waals surface area contributed by atoms with Gasteiger partial charge in [-0.25, -0.2) is 0 Å². The number of benzene rings is 6. The lowest BCUT2D eigenvalue weighted by atomic mass is 10.1. The maximum absolute atomic E-state index is 5.14. The third-order valence-corrected chi connectivity index (χ3v) is 10.3. The maximum Gasteiger partial charge on any atom is 0.0964 e. The van der Waals surface area contributed by atoms with Crippen LogP contribution in [0.3, 0.4) is 0 Å². The first-order chi connectivity index (χ1) is 22.3. The SMILES string of the molecule is c1ccc(-c2cnc3c4cc5c(cc4n(-c4ccc6c(c4)c4ccccc4n6-c4ccccc4)c3c2)sc2ccccc25)cc1. The van der Waals surface area contributed by atoms with Gasteiger partial charge in [0.15, 0.2) is 0 Å². The minimum Gasteiger partial charge on any atom is -0.309 e. The van der Waals surface area contributed by atoms with Gasteiger partial charge >= 0.3 is 0 Å². The van der Waals surface area contributed by atoms with Crippen molar-refractivity contribution in [3.63, 3.8) is 0 Å². The van der Waals surface area contributed by atoms with E-state index in [0.29, 0.717) is 0 Å². The summed E-state index contributed by atoms with van der Waals surface area (Å²) in [5.41, 5.74) is 10.3. The number of hydrogen-bond acceptors (Lipinski definition) is 2. The van der Waals surface area contributed by atoms with Crippen LogP contribution in [0.5, 0.6) is 0 Å². The summed E-state index contributed by atoms with van der Waals surface area (Å²) < 4.78 is 7.39. The van der Waals surface area contributed by atoms with Crippen molar-refractivity contribution < 1.29 is 0 Å². The third-order valence-electron chi connectivity index (χ3n) is 9.14. The Kier molecular flexibility index (Phi) is 5.16. The number of hydrogen-bond donors (Lipinski definition) is 0. The van der Waals surface area contributed by atoms with Crippen LogP contribution in [0.4, 0.5) is 0 Å². The van der Waals surface area contributed by atoms with Crippen LogP contribution < -0.4 is 0 Å². The molecule has 4 aromatic heterocycles. The summed E-state index contributed by atoms with van der Waals surface area (Å²) in [5, 5.41) is 6.24. The Hall–Kier alpha value is -5.71. The lowest BCUT2D eigenvalue weighted by Crippen LogP contribution is -1.96. The molecule has 0 saturated heterocycles. The minimum atomic E-state index is 1.02.